The van der Waals surface area contributed by atoms with Crippen molar-refractivity contribution < 1.29 is 0 Å². The molecule has 44 heavy (non-hydrogen) atoms. The molecule has 4 aliphatic rings. The molecular weight excluding hydrogens is 604 g/mol. The van der Waals surface area contributed by atoms with Crippen LogP contribution in [0.5, 0.6) is 0 Å². The maximum atomic E-state index is 2.85. The highest BCUT2D eigenvalue weighted by Gasteiger charge is 2.40. The van der Waals surface area contributed by atoms with Crippen molar-refractivity contribution in [1.82, 2.24) is 0 Å². The first-order valence-corrected chi connectivity index (χ1v) is 24.4. The van der Waals surface area contributed by atoms with Gasteiger partial charge < -0.3 is 0 Å². The Morgan fingerprint density at radius 2 is 0.795 bits per heavy atom. The zero-order valence-electron chi connectivity index (χ0n) is 29.3. The highest BCUT2D eigenvalue weighted by atomic mass is 31.1. The molecule has 4 heteroatoms. The fourth-order valence-corrected chi connectivity index (χ4v) is 24.6. The maximum absolute atomic E-state index is 2.85. The summed E-state index contributed by atoms with van der Waals surface area (Å²) in [5, 5.41) is 7.34. The van der Waals surface area contributed by atoms with Crippen LogP contribution in [0.25, 0.3) is 0 Å². The number of rotatable bonds is 5. The summed E-state index contributed by atoms with van der Waals surface area (Å²) < 4.78 is 0. The van der Waals surface area contributed by atoms with Crippen LogP contribution in [0.1, 0.15) is 138 Å². The Balaban J connectivity index is 1.32. The summed E-state index contributed by atoms with van der Waals surface area (Å²) in [7, 11) is -0.307. The topological polar surface area (TPSA) is 0 Å². The molecule has 0 radical (unpaired) electrons. The van der Waals surface area contributed by atoms with Gasteiger partial charge in [0, 0.05) is 0 Å². The van der Waals surface area contributed by atoms with Gasteiger partial charge in [0.1, 0.15) is 0 Å². The molecule has 2 aromatic carbocycles. The van der Waals surface area contributed by atoms with E-state index in [2.05, 4.69) is 97.9 Å². The smallest absolute Gasteiger partial charge is 0.0155 e. The SMILES string of the molecule is C[C@@H]1CC[C@H](C)P1c1ccc(C2CC[C@H](C)P(c3ccccc3P3[C@H](C)CCCC[C@@H]3C)[C@H](C)C2)cc1P1[C@H](C)CC[C@@H]1C. The van der Waals surface area contributed by atoms with Crippen molar-refractivity contribution >= 4 is 52.9 Å². The highest BCUT2D eigenvalue weighted by Crippen LogP contribution is 2.60. The third-order valence-corrected chi connectivity index (χ3v) is 26.1. The van der Waals surface area contributed by atoms with Gasteiger partial charge in [-0.15, -0.1) is 0 Å². The van der Waals surface area contributed by atoms with Gasteiger partial charge >= 0.3 is 0 Å². The van der Waals surface area contributed by atoms with E-state index < -0.39 is 0 Å². The molecule has 5 unspecified atom stereocenters. The van der Waals surface area contributed by atoms with Crippen LogP contribution in [0.3, 0.4) is 0 Å². The van der Waals surface area contributed by atoms with Crippen molar-refractivity contribution in [2.24, 2.45) is 0 Å². The van der Waals surface area contributed by atoms with Crippen molar-refractivity contribution in [3.05, 3.63) is 48.0 Å². The highest BCUT2D eigenvalue weighted by molar-refractivity contribution is 7.74. The zero-order valence-corrected chi connectivity index (χ0v) is 32.9. The van der Waals surface area contributed by atoms with Crippen LogP contribution in [0.15, 0.2) is 42.5 Å². The van der Waals surface area contributed by atoms with E-state index in [-0.39, 0.29) is 31.7 Å². The van der Waals surface area contributed by atoms with Crippen molar-refractivity contribution in [3.8, 4) is 0 Å². The molecule has 4 heterocycles. The molecule has 0 aromatic heterocycles. The summed E-state index contributed by atoms with van der Waals surface area (Å²) in [4.78, 5) is 0. The predicted molar refractivity (Wildman–Crippen MR) is 208 cm³/mol. The van der Waals surface area contributed by atoms with Crippen LogP contribution < -0.4 is 21.2 Å². The molecule has 13 atom stereocenters. The molecule has 242 valence electrons. The normalized spacial score (nSPS) is 41.8. The van der Waals surface area contributed by atoms with Gasteiger partial charge in [-0.3, -0.25) is 0 Å². The third-order valence-electron chi connectivity index (χ3n) is 12.3. The van der Waals surface area contributed by atoms with E-state index in [1.807, 2.05) is 21.2 Å². The monoisotopic (exact) mass is 666 g/mol. The molecule has 4 aliphatic heterocycles. The van der Waals surface area contributed by atoms with Gasteiger partial charge in [0.05, 0.1) is 0 Å². The van der Waals surface area contributed by atoms with Gasteiger partial charge in [-0.05, 0) is 136 Å². The molecule has 0 nitrogen and oxygen atoms in total. The summed E-state index contributed by atoms with van der Waals surface area (Å²) >= 11 is 0. The summed E-state index contributed by atoms with van der Waals surface area (Å²) in [5.74, 6) is 0.732. The summed E-state index contributed by atoms with van der Waals surface area (Å²) in [5.41, 5.74) is 8.65. The second-order valence-electron chi connectivity index (χ2n) is 15.6. The Morgan fingerprint density at radius 3 is 1.30 bits per heavy atom. The van der Waals surface area contributed by atoms with E-state index in [4.69, 9.17) is 0 Å². The van der Waals surface area contributed by atoms with Crippen LogP contribution in [-0.2, 0) is 0 Å². The average Bonchev–Trinajstić information content (AvgIpc) is 3.39. The predicted octanol–water partition coefficient (Wildman–Crippen LogP) is 11.4. The van der Waals surface area contributed by atoms with E-state index in [1.54, 1.807) is 5.56 Å². The third kappa shape index (κ3) is 6.84. The Bertz CT molecular complexity index is 1230. The second-order valence-corrected chi connectivity index (χ2v) is 27.8. The van der Waals surface area contributed by atoms with Gasteiger partial charge in [0.15, 0.2) is 0 Å². The van der Waals surface area contributed by atoms with E-state index in [1.165, 1.54) is 70.6 Å². The molecule has 0 saturated carbocycles. The molecule has 4 saturated heterocycles. The van der Waals surface area contributed by atoms with Crippen LogP contribution in [0, 0.1) is 0 Å². The second kappa shape index (κ2) is 14.7. The average molecular weight is 667 g/mol. The lowest BCUT2D eigenvalue weighted by molar-refractivity contribution is 0.569. The van der Waals surface area contributed by atoms with Crippen molar-refractivity contribution in [1.29, 1.82) is 0 Å². The van der Waals surface area contributed by atoms with Crippen LogP contribution in [0.4, 0.5) is 0 Å². The zero-order chi connectivity index (χ0) is 31.1. The van der Waals surface area contributed by atoms with E-state index >= 15 is 0 Å². The molecule has 6 rings (SSSR count). The quantitative estimate of drug-likeness (QED) is 0.279. The molecule has 0 spiro atoms. The molecule has 0 bridgehead atoms. The van der Waals surface area contributed by atoms with Crippen molar-refractivity contribution in [2.45, 2.75) is 177 Å². The van der Waals surface area contributed by atoms with Crippen molar-refractivity contribution in [3.63, 3.8) is 0 Å². The maximum Gasteiger partial charge on any atom is -0.0155 e. The Morgan fingerprint density at radius 1 is 0.409 bits per heavy atom. The number of hydrogen-bond acceptors (Lipinski definition) is 0. The lowest BCUT2D eigenvalue weighted by Gasteiger charge is -2.36. The van der Waals surface area contributed by atoms with Gasteiger partial charge in [0.2, 0.25) is 0 Å². The molecule has 4 fully saturated rings. The Hall–Kier alpha value is 0.160. The van der Waals surface area contributed by atoms with Gasteiger partial charge in [-0.2, -0.15) is 0 Å². The van der Waals surface area contributed by atoms with E-state index in [9.17, 15) is 0 Å². The lowest BCUT2D eigenvalue weighted by Crippen LogP contribution is -2.32. The van der Waals surface area contributed by atoms with Crippen molar-refractivity contribution in [2.75, 3.05) is 0 Å². The standard InChI is InChI=1S/C40H62P4/c1-27-13-9-10-14-28(2)41(27)37-15-11-12-16-38(37)44-33(7)21-22-35(25-34(44)8)36-23-24-39(42-29(3)17-18-30(42)4)40(26-36)43-31(5)19-20-32(43)6/h11-12,15-16,23-24,26-35H,9-10,13-14,17-22,25H2,1-8H3/t27-,28+,29-,30+,31-,32+,33-,34+,35?,41?,42?,43?,44?/m0/s1. The van der Waals surface area contributed by atoms with E-state index in [0.717, 1.165) is 51.2 Å². The van der Waals surface area contributed by atoms with Crippen LogP contribution >= 0.6 is 31.7 Å². The molecule has 2 aromatic rings. The Kier molecular flexibility index (Phi) is 11.4. The summed E-state index contributed by atoms with van der Waals surface area (Å²) in [6.45, 7) is 20.8. The molecule has 0 aliphatic carbocycles. The first-order valence-electron chi connectivity index (χ1n) is 18.5. The largest absolute Gasteiger partial charge is 0.0688 e. The molecule has 0 N–H and O–H groups in total. The fraction of sp³-hybridized carbons (Fsp3) is 0.700. The van der Waals surface area contributed by atoms with Crippen LogP contribution in [0.2, 0.25) is 0 Å². The van der Waals surface area contributed by atoms with Gasteiger partial charge in [0.25, 0.3) is 0 Å². The molecule has 0 amide bonds. The molecular formula is C40H62P4. The minimum Gasteiger partial charge on any atom is -0.0688 e. The first-order chi connectivity index (χ1) is 21.2. The summed E-state index contributed by atoms with van der Waals surface area (Å²) in [6, 6.07) is 18.2. The summed E-state index contributed by atoms with van der Waals surface area (Å²) in [6.07, 6.45) is 15.7. The Labute approximate surface area is 277 Å². The minimum atomic E-state index is -0.158. The number of benzene rings is 2. The van der Waals surface area contributed by atoms with Gasteiger partial charge in [-0.25, -0.2) is 0 Å². The first kappa shape index (κ1) is 34.0. The number of hydrogen-bond donors (Lipinski definition) is 0. The fourth-order valence-electron chi connectivity index (χ4n) is 9.96. The van der Waals surface area contributed by atoms with E-state index in [0.29, 0.717) is 0 Å². The minimum absolute atomic E-state index is 0.0248. The van der Waals surface area contributed by atoms with Gasteiger partial charge in [-0.1, -0.05) is 142 Å². The van der Waals surface area contributed by atoms with Crippen LogP contribution in [-0.4, -0.2) is 45.3 Å². The lowest BCUT2D eigenvalue weighted by atomic mass is 9.90.